The fourth-order valence-electron chi connectivity index (χ4n) is 1.62. The zero-order valence-corrected chi connectivity index (χ0v) is 13.1. The molecule has 4 nitrogen and oxygen atoms in total. The number of carbonyl (C=O) groups is 2. The molecule has 2 aromatic rings. The predicted octanol–water partition coefficient (Wildman–Crippen LogP) is 3.19. The molecule has 110 valence electrons. The summed E-state index contributed by atoms with van der Waals surface area (Å²) >= 11 is 3.12. The van der Waals surface area contributed by atoms with Crippen LogP contribution in [0.3, 0.4) is 0 Å². The Morgan fingerprint density at radius 3 is 2.62 bits per heavy atom. The van der Waals surface area contributed by atoms with Gasteiger partial charge < -0.3 is 10.1 Å². The first-order valence-electron chi connectivity index (χ1n) is 6.29. The van der Waals surface area contributed by atoms with Crippen LogP contribution < -0.4 is 5.32 Å². The van der Waals surface area contributed by atoms with E-state index in [2.05, 4.69) is 5.32 Å². The normalized spacial score (nSPS) is 10.1. The van der Waals surface area contributed by atoms with Crippen molar-refractivity contribution in [1.82, 2.24) is 0 Å². The standard InChI is InChI=1S/C15H15NO3S2/c1-20-12-6-4-11(5-7-12)16-14(17)10-19-15(18)9-13-3-2-8-21-13/h2-8H,9-10H2,1H3,(H,16,17). The van der Waals surface area contributed by atoms with Crippen molar-refractivity contribution in [3.05, 3.63) is 46.7 Å². The number of rotatable bonds is 6. The minimum atomic E-state index is -0.398. The van der Waals surface area contributed by atoms with E-state index in [1.54, 1.807) is 11.8 Å². The number of benzene rings is 1. The van der Waals surface area contributed by atoms with Gasteiger partial charge in [-0.25, -0.2) is 0 Å². The van der Waals surface area contributed by atoms with E-state index in [1.165, 1.54) is 11.3 Å². The second-order valence-corrected chi connectivity index (χ2v) is 6.11. The zero-order chi connectivity index (χ0) is 15.1. The number of thioether (sulfide) groups is 1. The molecule has 1 aromatic carbocycles. The quantitative estimate of drug-likeness (QED) is 0.656. The Balaban J connectivity index is 1.75. The molecule has 0 saturated carbocycles. The molecule has 0 aliphatic heterocycles. The topological polar surface area (TPSA) is 55.4 Å². The number of anilines is 1. The van der Waals surface area contributed by atoms with Crippen LogP contribution in [-0.2, 0) is 20.7 Å². The minimum Gasteiger partial charge on any atom is -0.455 e. The van der Waals surface area contributed by atoms with Gasteiger partial charge in [0.15, 0.2) is 6.61 Å². The van der Waals surface area contributed by atoms with Crippen LogP contribution in [-0.4, -0.2) is 24.7 Å². The van der Waals surface area contributed by atoms with Gasteiger partial charge in [0.05, 0.1) is 6.42 Å². The van der Waals surface area contributed by atoms with Crippen LogP contribution in [0.5, 0.6) is 0 Å². The number of hydrogen-bond acceptors (Lipinski definition) is 5. The summed E-state index contributed by atoms with van der Waals surface area (Å²) in [6, 6.07) is 11.2. The van der Waals surface area contributed by atoms with E-state index in [0.29, 0.717) is 5.69 Å². The van der Waals surface area contributed by atoms with Gasteiger partial charge in [0.25, 0.3) is 5.91 Å². The molecule has 0 aliphatic rings. The highest BCUT2D eigenvalue weighted by molar-refractivity contribution is 7.98. The van der Waals surface area contributed by atoms with Crippen LogP contribution in [0.25, 0.3) is 0 Å². The van der Waals surface area contributed by atoms with Gasteiger partial charge in [0.2, 0.25) is 0 Å². The number of carbonyl (C=O) groups excluding carboxylic acids is 2. The monoisotopic (exact) mass is 321 g/mol. The van der Waals surface area contributed by atoms with E-state index in [4.69, 9.17) is 4.74 Å². The maximum absolute atomic E-state index is 11.7. The SMILES string of the molecule is CSc1ccc(NC(=O)COC(=O)Cc2cccs2)cc1. The molecular weight excluding hydrogens is 306 g/mol. The molecule has 1 amide bonds. The summed E-state index contributed by atoms with van der Waals surface area (Å²) in [5.74, 6) is -0.739. The highest BCUT2D eigenvalue weighted by Gasteiger charge is 2.09. The third-order valence-electron chi connectivity index (χ3n) is 2.64. The molecule has 0 atom stereocenters. The van der Waals surface area contributed by atoms with Crippen LogP contribution in [0.15, 0.2) is 46.7 Å². The van der Waals surface area contributed by atoms with Gasteiger partial charge in [-0.05, 0) is 42.0 Å². The van der Waals surface area contributed by atoms with Crippen molar-refractivity contribution < 1.29 is 14.3 Å². The number of amides is 1. The van der Waals surface area contributed by atoms with E-state index < -0.39 is 5.97 Å². The molecule has 21 heavy (non-hydrogen) atoms. The highest BCUT2D eigenvalue weighted by atomic mass is 32.2. The van der Waals surface area contributed by atoms with Crippen LogP contribution >= 0.6 is 23.1 Å². The van der Waals surface area contributed by atoms with Crippen molar-refractivity contribution in [2.24, 2.45) is 0 Å². The number of esters is 1. The van der Waals surface area contributed by atoms with E-state index >= 15 is 0 Å². The van der Waals surface area contributed by atoms with Gasteiger partial charge in [-0.15, -0.1) is 23.1 Å². The summed E-state index contributed by atoms with van der Waals surface area (Å²) in [4.78, 5) is 25.3. The fraction of sp³-hybridized carbons (Fsp3) is 0.200. The van der Waals surface area contributed by atoms with Crippen molar-refractivity contribution in [3.8, 4) is 0 Å². The predicted molar refractivity (Wildman–Crippen MR) is 85.8 cm³/mol. The number of nitrogens with one attached hydrogen (secondary N) is 1. The van der Waals surface area contributed by atoms with E-state index in [1.807, 2.05) is 48.0 Å². The lowest BCUT2D eigenvalue weighted by Gasteiger charge is -2.06. The third kappa shape index (κ3) is 5.24. The van der Waals surface area contributed by atoms with Gasteiger partial charge in [-0.1, -0.05) is 6.07 Å². The average molecular weight is 321 g/mol. The maximum atomic E-state index is 11.7. The lowest BCUT2D eigenvalue weighted by atomic mass is 10.3. The van der Waals surface area contributed by atoms with E-state index in [-0.39, 0.29) is 18.9 Å². The van der Waals surface area contributed by atoms with Crippen LogP contribution in [0.1, 0.15) is 4.88 Å². The second kappa shape index (κ2) is 7.85. The molecule has 0 unspecified atom stereocenters. The van der Waals surface area contributed by atoms with Gasteiger partial charge in [0, 0.05) is 15.5 Å². The molecule has 0 radical (unpaired) electrons. The summed E-state index contributed by atoms with van der Waals surface area (Å²) in [5, 5.41) is 4.58. The highest BCUT2D eigenvalue weighted by Crippen LogP contribution is 2.17. The molecule has 2 rings (SSSR count). The Labute approximate surface area is 131 Å². The van der Waals surface area contributed by atoms with Crippen molar-refractivity contribution in [1.29, 1.82) is 0 Å². The van der Waals surface area contributed by atoms with Gasteiger partial charge in [0.1, 0.15) is 0 Å². The average Bonchev–Trinajstić information content (AvgIpc) is 2.99. The molecular formula is C15H15NO3S2. The molecule has 0 saturated heterocycles. The zero-order valence-electron chi connectivity index (χ0n) is 11.5. The molecule has 1 N–H and O–H groups in total. The van der Waals surface area contributed by atoms with Gasteiger partial charge in [-0.2, -0.15) is 0 Å². The minimum absolute atomic E-state index is 0.202. The van der Waals surface area contributed by atoms with Crippen molar-refractivity contribution in [2.75, 3.05) is 18.2 Å². The summed E-state index contributed by atoms with van der Waals surface area (Å²) in [6.07, 6.45) is 2.19. The van der Waals surface area contributed by atoms with Gasteiger partial charge >= 0.3 is 5.97 Å². The molecule has 6 heteroatoms. The third-order valence-corrected chi connectivity index (χ3v) is 4.26. The number of thiophene rings is 1. The first-order chi connectivity index (χ1) is 10.2. The Morgan fingerprint density at radius 2 is 2.00 bits per heavy atom. The first kappa shape index (κ1) is 15.6. The van der Waals surface area contributed by atoms with E-state index in [0.717, 1.165) is 9.77 Å². The lowest BCUT2D eigenvalue weighted by molar-refractivity contribution is -0.146. The Kier molecular flexibility index (Phi) is 5.83. The second-order valence-electron chi connectivity index (χ2n) is 4.19. The van der Waals surface area contributed by atoms with E-state index in [9.17, 15) is 9.59 Å². The molecule has 0 spiro atoms. The summed E-state index contributed by atoms with van der Waals surface area (Å²) in [5.41, 5.74) is 0.687. The lowest BCUT2D eigenvalue weighted by Crippen LogP contribution is -2.21. The van der Waals surface area contributed by atoms with Gasteiger partial charge in [-0.3, -0.25) is 9.59 Å². The van der Waals surface area contributed by atoms with Crippen LogP contribution in [0.2, 0.25) is 0 Å². The molecule has 1 aromatic heterocycles. The summed E-state index contributed by atoms with van der Waals surface area (Å²) in [7, 11) is 0. The van der Waals surface area contributed by atoms with Crippen LogP contribution in [0.4, 0.5) is 5.69 Å². The van der Waals surface area contributed by atoms with Crippen molar-refractivity contribution >= 4 is 40.7 Å². The molecule has 0 fully saturated rings. The molecule has 0 bridgehead atoms. The van der Waals surface area contributed by atoms with Crippen LogP contribution in [0, 0.1) is 0 Å². The maximum Gasteiger partial charge on any atom is 0.311 e. The Bertz CT molecular complexity index is 594. The van der Waals surface area contributed by atoms with Crippen molar-refractivity contribution in [3.63, 3.8) is 0 Å². The fourth-order valence-corrected chi connectivity index (χ4v) is 2.72. The number of ether oxygens (including phenoxy) is 1. The summed E-state index contributed by atoms with van der Waals surface area (Å²) < 4.78 is 4.95. The van der Waals surface area contributed by atoms with Crippen molar-refractivity contribution in [2.45, 2.75) is 11.3 Å². The first-order valence-corrected chi connectivity index (χ1v) is 8.40. The molecule has 0 aliphatic carbocycles. The Morgan fingerprint density at radius 1 is 1.24 bits per heavy atom. The largest absolute Gasteiger partial charge is 0.455 e. The number of hydrogen-bond donors (Lipinski definition) is 1. The Hall–Kier alpha value is -1.79. The summed E-state index contributed by atoms with van der Waals surface area (Å²) in [6.45, 7) is -0.269. The molecule has 1 heterocycles. The smallest absolute Gasteiger partial charge is 0.311 e.